The number of hydrogen-bond acceptors (Lipinski definition) is 3. The van der Waals surface area contributed by atoms with Gasteiger partial charge in [-0.15, -0.1) is 0 Å². The van der Waals surface area contributed by atoms with E-state index in [9.17, 15) is 0 Å². The van der Waals surface area contributed by atoms with Gasteiger partial charge >= 0.3 is 0 Å². The first-order chi connectivity index (χ1) is 7.24. The second-order valence-electron chi connectivity index (χ2n) is 4.63. The molecule has 0 radical (unpaired) electrons. The van der Waals surface area contributed by atoms with E-state index in [1.807, 2.05) is 0 Å². The largest absolute Gasteiger partial charge is 0.396 e. The van der Waals surface area contributed by atoms with Gasteiger partial charge < -0.3 is 14.7 Å². The first-order valence-corrected chi connectivity index (χ1v) is 6.20. The second-order valence-corrected chi connectivity index (χ2v) is 4.63. The van der Waals surface area contributed by atoms with Gasteiger partial charge in [0.25, 0.3) is 0 Å². The fourth-order valence-corrected chi connectivity index (χ4v) is 2.08. The molecule has 0 aromatic heterocycles. The van der Waals surface area contributed by atoms with Crippen LogP contribution in [0, 0.1) is 0 Å². The molecule has 1 fully saturated rings. The highest BCUT2D eigenvalue weighted by Crippen LogP contribution is 2.16. The van der Waals surface area contributed by atoms with Crippen LogP contribution in [0.15, 0.2) is 0 Å². The van der Waals surface area contributed by atoms with E-state index in [4.69, 9.17) is 9.84 Å². The lowest BCUT2D eigenvalue weighted by atomic mass is 10.1. The number of aliphatic hydroxyl groups excluding tert-OH is 1. The van der Waals surface area contributed by atoms with E-state index >= 15 is 0 Å². The molecule has 3 nitrogen and oxygen atoms in total. The SMILES string of the molecule is CC(C)N(CCCO)CCC1CCCO1. The van der Waals surface area contributed by atoms with E-state index in [-0.39, 0.29) is 0 Å². The standard InChI is InChI=1S/C12H25NO2/c1-11(2)13(7-4-9-14)8-6-12-5-3-10-15-12/h11-12,14H,3-10H2,1-2H3. The maximum absolute atomic E-state index is 8.83. The van der Waals surface area contributed by atoms with Gasteiger partial charge in [-0.1, -0.05) is 0 Å². The summed E-state index contributed by atoms with van der Waals surface area (Å²) in [5.41, 5.74) is 0. The molecule has 0 saturated carbocycles. The van der Waals surface area contributed by atoms with Crippen molar-refractivity contribution in [3.8, 4) is 0 Å². The average molecular weight is 215 g/mol. The molecule has 1 heterocycles. The summed E-state index contributed by atoms with van der Waals surface area (Å²) in [5, 5.41) is 8.83. The van der Waals surface area contributed by atoms with Crippen LogP contribution in [0.3, 0.4) is 0 Å². The third kappa shape index (κ3) is 4.96. The Labute approximate surface area is 93.4 Å². The van der Waals surface area contributed by atoms with Crippen LogP contribution in [0.2, 0.25) is 0 Å². The first-order valence-electron chi connectivity index (χ1n) is 6.20. The maximum Gasteiger partial charge on any atom is 0.0588 e. The molecule has 3 heteroatoms. The van der Waals surface area contributed by atoms with Gasteiger partial charge in [-0.25, -0.2) is 0 Å². The molecule has 0 aromatic rings. The molecular formula is C12H25NO2. The van der Waals surface area contributed by atoms with Crippen molar-refractivity contribution in [2.24, 2.45) is 0 Å². The Balaban J connectivity index is 2.17. The highest BCUT2D eigenvalue weighted by Gasteiger charge is 2.17. The number of rotatable bonds is 7. The fraction of sp³-hybridized carbons (Fsp3) is 1.00. The summed E-state index contributed by atoms with van der Waals surface area (Å²) >= 11 is 0. The minimum atomic E-state index is 0.295. The highest BCUT2D eigenvalue weighted by molar-refractivity contribution is 4.69. The predicted octanol–water partition coefficient (Wildman–Crippen LogP) is 1.65. The third-order valence-electron chi connectivity index (χ3n) is 3.10. The summed E-state index contributed by atoms with van der Waals surface area (Å²) in [4.78, 5) is 2.43. The summed E-state index contributed by atoms with van der Waals surface area (Å²) in [6.07, 6.45) is 4.96. The second kappa shape index (κ2) is 7.20. The Hall–Kier alpha value is -0.120. The van der Waals surface area contributed by atoms with E-state index in [1.165, 1.54) is 12.8 Å². The summed E-state index contributed by atoms with van der Waals surface area (Å²) < 4.78 is 5.61. The zero-order valence-electron chi connectivity index (χ0n) is 10.1. The fourth-order valence-electron chi connectivity index (χ4n) is 2.08. The Morgan fingerprint density at radius 3 is 2.73 bits per heavy atom. The minimum Gasteiger partial charge on any atom is -0.396 e. The lowest BCUT2D eigenvalue weighted by Crippen LogP contribution is -2.34. The topological polar surface area (TPSA) is 32.7 Å². The summed E-state index contributed by atoms with van der Waals surface area (Å²) in [6, 6.07) is 0.568. The summed E-state index contributed by atoms with van der Waals surface area (Å²) in [6.45, 7) is 7.77. The van der Waals surface area contributed by atoms with Crippen molar-refractivity contribution in [1.82, 2.24) is 4.90 Å². The molecule has 1 atom stereocenters. The maximum atomic E-state index is 8.83. The molecule has 1 saturated heterocycles. The van der Waals surface area contributed by atoms with Gasteiger partial charge in [0.15, 0.2) is 0 Å². The normalized spacial score (nSPS) is 21.8. The van der Waals surface area contributed by atoms with Crippen LogP contribution in [0.1, 0.15) is 39.5 Å². The lowest BCUT2D eigenvalue weighted by Gasteiger charge is -2.27. The zero-order chi connectivity index (χ0) is 11.1. The molecule has 1 rings (SSSR count). The smallest absolute Gasteiger partial charge is 0.0588 e. The van der Waals surface area contributed by atoms with Crippen LogP contribution in [-0.2, 0) is 4.74 Å². The number of aliphatic hydroxyl groups is 1. The third-order valence-corrected chi connectivity index (χ3v) is 3.10. The first kappa shape index (κ1) is 12.9. The van der Waals surface area contributed by atoms with Crippen molar-refractivity contribution < 1.29 is 9.84 Å². The van der Waals surface area contributed by atoms with Gasteiger partial charge in [-0.05, 0) is 39.5 Å². The number of nitrogens with zero attached hydrogens (tertiary/aromatic N) is 1. The van der Waals surface area contributed by atoms with Crippen molar-refractivity contribution in [1.29, 1.82) is 0 Å². The summed E-state index contributed by atoms with van der Waals surface area (Å²) in [5.74, 6) is 0. The molecule has 0 aliphatic carbocycles. The van der Waals surface area contributed by atoms with Crippen LogP contribution < -0.4 is 0 Å². The van der Waals surface area contributed by atoms with Crippen LogP contribution in [0.25, 0.3) is 0 Å². The van der Waals surface area contributed by atoms with Crippen molar-refractivity contribution >= 4 is 0 Å². The van der Waals surface area contributed by atoms with Crippen molar-refractivity contribution in [3.05, 3.63) is 0 Å². The molecule has 0 aromatic carbocycles. The van der Waals surface area contributed by atoms with E-state index in [0.717, 1.165) is 32.5 Å². The molecule has 0 spiro atoms. The van der Waals surface area contributed by atoms with Crippen molar-refractivity contribution in [2.75, 3.05) is 26.3 Å². The zero-order valence-corrected chi connectivity index (χ0v) is 10.1. The Kier molecular flexibility index (Phi) is 6.22. The number of hydrogen-bond donors (Lipinski definition) is 1. The molecule has 1 unspecified atom stereocenters. The van der Waals surface area contributed by atoms with E-state index in [0.29, 0.717) is 18.8 Å². The molecule has 0 bridgehead atoms. The average Bonchev–Trinajstić information content (AvgIpc) is 2.70. The molecule has 15 heavy (non-hydrogen) atoms. The van der Waals surface area contributed by atoms with E-state index in [2.05, 4.69) is 18.7 Å². The molecule has 1 aliphatic heterocycles. The van der Waals surface area contributed by atoms with Gasteiger partial charge in [0.2, 0.25) is 0 Å². The van der Waals surface area contributed by atoms with Crippen LogP contribution >= 0.6 is 0 Å². The van der Waals surface area contributed by atoms with Crippen LogP contribution in [0.5, 0.6) is 0 Å². The molecular weight excluding hydrogens is 190 g/mol. The van der Waals surface area contributed by atoms with Gasteiger partial charge in [0.05, 0.1) is 6.10 Å². The molecule has 1 aliphatic rings. The molecule has 90 valence electrons. The summed E-state index contributed by atoms with van der Waals surface area (Å²) in [7, 11) is 0. The van der Waals surface area contributed by atoms with E-state index in [1.54, 1.807) is 0 Å². The Morgan fingerprint density at radius 1 is 1.40 bits per heavy atom. The predicted molar refractivity (Wildman–Crippen MR) is 62.0 cm³/mol. The molecule has 0 amide bonds. The highest BCUT2D eigenvalue weighted by atomic mass is 16.5. The van der Waals surface area contributed by atoms with Gasteiger partial charge in [-0.3, -0.25) is 0 Å². The van der Waals surface area contributed by atoms with Crippen molar-refractivity contribution in [3.63, 3.8) is 0 Å². The van der Waals surface area contributed by atoms with Crippen LogP contribution in [0.4, 0.5) is 0 Å². The Bertz CT molecular complexity index is 156. The van der Waals surface area contributed by atoms with Crippen LogP contribution in [-0.4, -0.2) is 48.5 Å². The monoisotopic (exact) mass is 215 g/mol. The van der Waals surface area contributed by atoms with Gasteiger partial charge in [-0.2, -0.15) is 0 Å². The van der Waals surface area contributed by atoms with Gasteiger partial charge in [0.1, 0.15) is 0 Å². The minimum absolute atomic E-state index is 0.295. The van der Waals surface area contributed by atoms with Gasteiger partial charge in [0, 0.05) is 32.3 Å². The molecule has 1 N–H and O–H groups in total. The Morgan fingerprint density at radius 2 is 2.20 bits per heavy atom. The number of ether oxygens (including phenoxy) is 1. The van der Waals surface area contributed by atoms with E-state index < -0.39 is 0 Å². The lowest BCUT2D eigenvalue weighted by molar-refractivity contribution is 0.0855. The quantitative estimate of drug-likeness (QED) is 0.701. The van der Waals surface area contributed by atoms with Crippen molar-refractivity contribution in [2.45, 2.75) is 51.7 Å².